The van der Waals surface area contributed by atoms with E-state index in [-0.39, 0.29) is 24.4 Å². The molecule has 0 aromatic carbocycles. The molecule has 0 spiro atoms. The zero-order valence-electron chi connectivity index (χ0n) is 12.7. The van der Waals surface area contributed by atoms with E-state index in [0.717, 1.165) is 12.1 Å². The molecule has 1 heterocycles. The summed E-state index contributed by atoms with van der Waals surface area (Å²) in [6.07, 6.45) is 0. The Balaban J connectivity index is 2.65. The lowest BCUT2D eigenvalue weighted by molar-refractivity contribution is -0.134. The molecule has 0 bridgehead atoms. The summed E-state index contributed by atoms with van der Waals surface area (Å²) >= 11 is 0. The topological polar surface area (TPSA) is 64.7 Å². The summed E-state index contributed by atoms with van der Waals surface area (Å²) in [5.41, 5.74) is 0.961. The van der Waals surface area contributed by atoms with Crippen LogP contribution in [0.15, 0.2) is 12.2 Å². The van der Waals surface area contributed by atoms with E-state index in [4.69, 9.17) is 0 Å². The molecule has 20 heavy (non-hydrogen) atoms. The minimum Gasteiger partial charge on any atom is -0.358 e. The van der Waals surface area contributed by atoms with E-state index in [0.29, 0.717) is 26.2 Å². The van der Waals surface area contributed by atoms with Crippen LogP contribution in [0.25, 0.3) is 0 Å². The van der Waals surface area contributed by atoms with Gasteiger partial charge >= 0.3 is 0 Å². The van der Waals surface area contributed by atoms with Gasteiger partial charge in [0.1, 0.15) is 6.04 Å². The van der Waals surface area contributed by atoms with Crippen molar-refractivity contribution in [2.45, 2.75) is 19.9 Å². The Morgan fingerprint density at radius 3 is 2.75 bits per heavy atom. The standard InChI is InChI=1S/C14H26N4O2/c1-5-17(9-11(2)3)13(19)10-18-7-6-16-8-12(18)14(20)15-4/h12,16H,2,5-10H2,1,3-4H3,(H,15,20). The van der Waals surface area contributed by atoms with Gasteiger partial charge in [-0.2, -0.15) is 0 Å². The first-order valence-corrected chi connectivity index (χ1v) is 7.08. The fourth-order valence-electron chi connectivity index (χ4n) is 2.34. The molecule has 0 radical (unpaired) electrons. The Labute approximate surface area is 121 Å². The summed E-state index contributed by atoms with van der Waals surface area (Å²) < 4.78 is 0. The van der Waals surface area contributed by atoms with Crippen LogP contribution in [-0.4, -0.2) is 74.0 Å². The summed E-state index contributed by atoms with van der Waals surface area (Å²) in [6.45, 7) is 11.3. The first-order valence-electron chi connectivity index (χ1n) is 7.08. The first-order chi connectivity index (χ1) is 9.49. The summed E-state index contributed by atoms with van der Waals surface area (Å²) in [7, 11) is 1.62. The zero-order valence-corrected chi connectivity index (χ0v) is 12.7. The molecule has 114 valence electrons. The highest BCUT2D eigenvalue weighted by Crippen LogP contribution is 2.06. The monoisotopic (exact) mass is 282 g/mol. The highest BCUT2D eigenvalue weighted by atomic mass is 16.2. The quantitative estimate of drug-likeness (QED) is 0.641. The Morgan fingerprint density at radius 1 is 1.50 bits per heavy atom. The van der Waals surface area contributed by atoms with E-state index in [2.05, 4.69) is 17.2 Å². The third-order valence-corrected chi connectivity index (χ3v) is 3.44. The van der Waals surface area contributed by atoms with Gasteiger partial charge in [-0.15, -0.1) is 0 Å². The molecule has 0 saturated carbocycles. The lowest BCUT2D eigenvalue weighted by Crippen LogP contribution is -2.59. The summed E-state index contributed by atoms with van der Waals surface area (Å²) in [5, 5.41) is 5.84. The molecule has 1 aliphatic heterocycles. The normalized spacial score (nSPS) is 19.4. The fourth-order valence-corrected chi connectivity index (χ4v) is 2.34. The van der Waals surface area contributed by atoms with Gasteiger partial charge in [0.25, 0.3) is 0 Å². The first kappa shape index (κ1) is 16.7. The average molecular weight is 282 g/mol. The lowest BCUT2D eigenvalue weighted by Gasteiger charge is -2.35. The number of rotatable bonds is 6. The molecular formula is C14H26N4O2. The summed E-state index contributed by atoms with van der Waals surface area (Å²) in [5.74, 6) is -0.000692. The predicted molar refractivity (Wildman–Crippen MR) is 79.4 cm³/mol. The molecule has 1 atom stereocenters. The van der Waals surface area contributed by atoms with Gasteiger partial charge in [-0.3, -0.25) is 14.5 Å². The zero-order chi connectivity index (χ0) is 15.1. The van der Waals surface area contributed by atoms with Gasteiger partial charge in [0, 0.05) is 39.8 Å². The summed E-state index contributed by atoms with van der Waals surface area (Å²) in [4.78, 5) is 27.9. The van der Waals surface area contributed by atoms with Crippen LogP contribution in [0.4, 0.5) is 0 Å². The van der Waals surface area contributed by atoms with Gasteiger partial charge in [-0.05, 0) is 13.8 Å². The molecule has 1 rings (SSSR count). The van der Waals surface area contributed by atoms with E-state index in [1.807, 2.05) is 18.7 Å². The van der Waals surface area contributed by atoms with Crippen molar-refractivity contribution in [3.8, 4) is 0 Å². The molecule has 1 aliphatic rings. The van der Waals surface area contributed by atoms with Gasteiger partial charge < -0.3 is 15.5 Å². The van der Waals surface area contributed by atoms with Gasteiger partial charge in [-0.25, -0.2) is 0 Å². The van der Waals surface area contributed by atoms with E-state index in [1.165, 1.54) is 0 Å². The van der Waals surface area contributed by atoms with Crippen LogP contribution in [0, 0.1) is 0 Å². The van der Waals surface area contributed by atoms with Crippen molar-refractivity contribution in [1.82, 2.24) is 20.4 Å². The maximum Gasteiger partial charge on any atom is 0.238 e. The lowest BCUT2D eigenvalue weighted by atomic mass is 10.1. The smallest absolute Gasteiger partial charge is 0.238 e. The molecule has 1 unspecified atom stereocenters. The molecule has 6 nitrogen and oxygen atoms in total. The molecule has 0 aromatic rings. The summed E-state index contributed by atoms with van der Waals surface area (Å²) in [6, 6.07) is -0.277. The van der Waals surface area contributed by atoms with Gasteiger partial charge in [0.15, 0.2) is 0 Å². The van der Waals surface area contributed by atoms with Gasteiger partial charge in [0.2, 0.25) is 11.8 Å². The minimum absolute atomic E-state index is 0.0475. The predicted octanol–water partition coefficient (Wildman–Crippen LogP) is -0.569. The van der Waals surface area contributed by atoms with Crippen LogP contribution in [0.2, 0.25) is 0 Å². The Bertz CT molecular complexity index is 370. The van der Waals surface area contributed by atoms with Gasteiger partial charge in [0.05, 0.1) is 6.54 Å². The maximum atomic E-state index is 12.3. The molecule has 6 heteroatoms. The third-order valence-electron chi connectivity index (χ3n) is 3.44. The van der Waals surface area contributed by atoms with Crippen LogP contribution >= 0.6 is 0 Å². The molecule has 2 N–H and O–H groups in total. The Morgan fingerprint density at radius 2 is 2.20 bits per heavy atom. The number of carbonyl (C=O) groups excluding carboxylic acids is 2. The van der Waals surface area contributed by atoms with Crippen molar-refractivity contribution >= 4 is 11.8 Å². The van der Waals surface area contributed by atoms with Crippen LogP contribution in [0.5, 0.6) is 0 Å². The van der Waals surface area contributed by atoms with Crippen LogP contribution < -0.4 is 10.6 Å². The number of piperazine rings is 1. The Kier molecular flexibility index (Phi) is 6.67. The SMILES string of the molecule is C=C(C)CN(CC)C(=O)CN1CCNCC1C(=O)NC. The number of likely N-dealkylation sites (N-methyl/N-ethyl adjacent to an activating group) is 2. The molecule has 0 aliphatic carbocycles. The molecule has 0 aromatic heterocycles. The number of nitrogens with zero attached hydrogens (tertiary/aromatic N) is 2. The highest BCUT2D eigenvalue weighted by Gasteiger charge is 2.30. The maximum absolute atomic E-state index is 12.3. The molecule has 1 fully saturated rings. The van der Waals surface area contributed by atoms with Crippen molar-refractivity contribution in [3.05, 3.63) is 12.2 Å². The van der Waals surface area contributed by atoms with Gasteiger partial charge in [-0.1, -0.05) is 12.2 Å². The average Bonchev–Trinajstić information content (AvgIpc) is 2.44. The second-order valence-electron chi connectivity index (χ2n) is 5.17. The van der Waals surface area contributed by atoms with E-state index in [9.17, 15) is 9.59 Å². The van der Waals surface area contributed by atoms with E-state index < -0.39 is 0 Å². The van der Waals surface area contributed by atoms with Crippen molar-refractivity contribution in [1.29, 1.82) is 0 Å². The number of hydrogen-bond donors (Lipinski definition) is 2. The fraction of sp³-hybridized carbons (Fsp3) is 0.714. The number of amides is 2. The second-order valence-corrected chi connectivity index (χ2v) is 5.17. The van der Waals surface area contributed by atoms with E-state index in [1.54, 1.807) is 11.9 Å². The largest absolute Gasteiger partial charge is 0.358 e. The van der Waals surface area contributed by atoms with Crippen molar-refractivity contribution < 1.29 is 9.59 Å². The molecular weight excluding hydrogens is 256 g/mol. The number of carbonyl (C=O) groups is 2. The van der Waals surface area contributed by atoms with Crippen molar-refractivity contribution in [2.75, 3.05) is 46.3 Å². The van der Waals surface area contributed by atoms with Crippen LogP contribution in [0.1, 0.15) is 13.8 Å². The van der Waals surface area contributed by atoms with Crippen molar-refractivity contribution in [3.63, 3.8) is 0 Å². The van der Waals surface area contributed by atoms with Crippen molar-refractivity contribution in [2.24, 2.45) is 0 Å². The Hall–Kier alpha value is -1.40. The van der Waals surface area contributed by atoms with Crippen LogP contribution in [-0.2, 0) is 9.59 Å². The second kappa shape index (κ2) is 8.01. The third kappa shape index (κ3) is 4.61. The van der Waals surface area contributed by atoms with E-state index >= 15 is 0 Å². The minimum atomic E-state index is -0.277. The molecule has 2 amide bonds. The number of hydrogen-bond acceptors (Lipinski definition) is 4. The number of nitrogens with one attached hydrogen (secondary N) is 2. The van der Waals surface area contributed by atoms with Crippen LogP contribution in [0.3, 0.4) is 0 Å². The highest BCUT2D eigenvalue weighted by molar-refractivity contribution is 5.84. The molecule has 1 saturated heterocycles.